The highest BCUT2D eigenvalue weighted by molar-refractivity contribution is 9.10. The maximum atomic E-state index is 6.59. The number of rotatable bonds is 6. The molecule has 2 saturated heterocycles. The third-order valence-electron chi connectivity index (χ3n) is 7.49. The molecule has 0 aliphatic carbocycles. The van der Waals surface area contributed by atoms with Crippen LogP contribution in [0.2, 0.25) is 18.1 Å². The van der Waals surface area contributed by atoms with Crippen LogP contribution in [0.25, 0.3) is 23.3 Å². The van der Waals surface area contributed by atoms with Crippen molar-refractivity contribution in [3.05, 3.63) is 52.7 Å². The first-order chi connectivity index (χ1) is 17.4. The van der Waals surface area contributed by atoms with Gasteiger partial charge in [0.25, 0.3) is 0 Å². The molecule has 0 unspecified atom stereocenters. The van der Waals surface area contributed by atoms with E-state index >= 15 is 0 Å². The van der Waals surface area contributed by atoms with E-state index < -0.39 is 20.3 Å². The van der Waals surface area contributed by atoms with E-state index in [9.17, 15) is 0 Å². The van der Waals surface area contributed by atoms with Crippen LogP contribution >= 0.6 is 15.9 Å². The minimum absolute atomic E-state index is 0.0981. The van der Waals surface area contributed by atoms with Crippen molar-refractivity contribution in [2.75, 3.05) is 6.61 Å². The molecule has 0 amide bonds. The second-order valence-electron chi connectivity index (χ2n) is 11.6. The second-order valence-corrected chi connectivity index (χ2v) is 17.1. The van der Waals surface area contributed by atoms with Gasteiger partial charge >= 0.3 is 0 Å². The first kappa shape index (κ1) is 26.6. The summed E-state index contributed by atoms with van der Waals surface area (Å²) in [6.45, 7) is 15.5. The Balaban J connectivity index is 1.47. The van der Waals surface area contributed by atoms with Crippen molar-refractivity contribution in [3.8, 4) is 0 Å². The maximum Gasteiger partial charge on any atom is 0.192 e. The molecule has 2 aliphatic rings. The predicted octanol–water partition coefficient (Wildman–Crippen LogP) is 6.20. The average Bonchev–Trinajstić information content (AvgIpc) is 3.43. The van der Waals surface area contributed by atoms with E-state index in [4.69, 9.17) is 23.6 Å². The molecule has 8 nitrogen and oxygen atoms in total. The summed E-state index contributed by atoms with van der Waals surface area (Å²) in [4.78, 5) is 13.8. The van der Waals surface area contributed by atoms with Crippen LogP contribution in [0.3, 0.4) is 0 Å². The van der Waals surface area contributed by atoms with Gasteiger partial charge in [-0.2, -0.15) is 0 Å². The highest BCUT2D eigenvalue weighted by Crippen LogP contribution is 2.46. The topological polar surface area (TPSA) is 80.5 Å². The van der Waals surface area contributed by atoms with E-state index in [0.29, 0.717) is 22.5 Å². The second kappa shape index (κ2) is 9.66. The van der Waals surface area contributed by atoms with Crippen LogP contribution in [0.15, 0.2) is 41.4 Å². The maximum absolute atomic E-state index is 6.59. The van der Waals surface area contributed by atoms with E-state index in [0.717, 1.165) is 11.3 Å². The number of fused-ring (bicyclic) bond motifs is 2. The molecule has 0 N–H and O–H groups in total. The van der Waals surface area contributed by atoms with Crippen molar-refractivity contribution < 1.29 is 18.6 Å². The third-order valence-corrected chi connectivity index (χ3v) is 12.6. The van der Waals surface area contributed by atoms with Gasteiger partial charge < -0.3 is 18.6 Å². The minimum atomic E-state index is -1.97. The number of hydrogen-bond donors (Lipinski definition) is 0. The van der Waals surface area contributed by atoms with Gasteiger partial charge in [0.15, 0.2) is 30.7 Å². The van der Waals surface area contributed by atoms with Gasteiger partial charge in [0.2, 0.25) is 0 Å². The SMILES string of the molecule is CC1(C)O[C@H]2[C@H](O1)[C@@H](CO[Si](C)(C)C(C)(C)C)O[C@H]2n1c(Br)nc2c(C=Cc3ccccc3)ncnc21. The fourth-order valence-corrected chi connectivity index (χ4v) is 6.06. The monoisotopic (exact) mass is 586 g/mol. The van der Waals surface area contributed by atoms with Crippen LogP contribution < -0.4 is 0 Å². The average molecular weight is 588 g/mol. The molecule has 2 fully saturated rings. The molecule has 0 saturated carbocycles. The molecule has 10 heteroatoms. The van der Waals surface area contributed by atoms with Crippen molar-refractivity contribution in [1.29, 1.82) is 0 Å². The summed E-state index contributed by atoms with van der Waals surface area (Å²) >= 11 is 3.65. The Morgan fingerprint density at radius 3 is 2.49 bits per heavy atom. The van der Waals surface area contributed by atoms with Crippen LogP contribution in [0.1, 0.15) is 52.1 Å². The molecule has 37 heavy (non-hydrogen) atoms. The molecule has 0 radical (unpaired) electrons. The van der Waals surface area contributed by atoms with Gasteiger partial charge in [-0.15, -0.1) is 0 Å². The Hall–Kier alpha value is -1.95. The first-order valence-corrected chi connectivity index (χ1v) is 16.3. The number of ether oxygens (including phenoxy) is 3. The molecule has 5 rings (SSSR count). The number of imidazole rings is 1. The molecule has 0 spiro atoms. The normalized spacial score (nSPS) is 25.8. The van der Waals surface area contributed by atoms with E-state index in [1.165, 1.54) is 0 Å². The van der Waals surface area contributed by atoms with Gasteiger partial charge in [0.05, 0.1) is 12.3 Å². The van der Waals surface area contributed by atoms with Gasteiger partial charge in [-0.3, -0.25) is 4.57 Å². The molecule has 2 aromatic heterocycles. The summed E-state index contributed by atoms with van der Waals surface area (Å²) in [6.07, 6.45) is 4.15. The lowest BCUT2D eigenvalue weighted by atomic mass is 10.1. The van der Waals surface area contributed by atoms with Crippen molar-refractivity contribution in [3.63, 3.8) is 0 Å². The Bertz CT molecular complexity index is 1300. The van der Waals surface area contributed by atoms with Gasteiger partial charge in [0, 0.05) is 0 Å². The third kappa shape index (κ3) is 5.19. The quantitative estimate of drug-likeness (QED) is 0.251. The fourth-order valence-electron chi connectivity index (χ4n) is 4.49. The predicted molar refractivity (Wildman–Crippen MR) is 149 cm³/mol. The summed E-state index contributed by atoms with van der Waals surface area (Å²) in [5, 5.41) is 0.0981. The molecule has 2 aliphatic heterocycles. The lowest BCUT2D eigenvalue weighted by Gasteiger charge is -2.37. The lowest BCUT2D eigenvalue weighted by Crippen LogP contribution is -2.44. The number of nitrogens with zero attached hydrogens (tertiary/aromatic N) is 4. The van der Waals surface area contributed by atoms with Crippen molar-refractivity contribution in [1.82, 2.24) is 19.5 Å². The molecule has 0 bridgehead atoms. The largest absolute Gasteiger partial charge is 0.414 e. The molecular weight excluding hydrogens is 552 g/mol. The van der Waals surface area contributed by atoms with E-state index in [-0.39, 0.29) is 23.4 Å². The summed E-state index contributed by atoms with van der Waals surface area (Å²) in [7, 11) is -1.97. The summed E-state index contributed by atoms with van der Waals surface area (Å²) in [5.74, 6) is -0.728. The Kier molecular flexibility index (Phi) is 6.96. The Morgan fingerprint density at radius 1 is 1.08 bits per heavy atom. The summed E-state index contributed by atoms with van der Waals surface area (Å²) in [6, 6.07) is 10.1. The van der Waals surface area contributed by atoms with E-state index in [1.54, 1.807) is 6.33 Å². The Labute approximate surface area is 227 Å². The smallest absolute Gasteiger partial charge is 0.192 e. The van der Waals surface area contributed by atoms with Crippen molar-refractivity contribution in [2.45, 2.75) is 83.1 Å². The van der Waals surface area contributed by atoms with Crippen LogP contribution in [0.5, 0.6) is 0 Å². The fraction of sp³-hybridized carbons (Fsp3) is 0.519. The van der Waals surface area contributed by atoms with Gasteiger partial charge in [0.1, 0.15) is 30.2 Å². The zero-order valence-electron chi connectivity index (χ0n) is 22.4. The number of aromatic nitrogens is 4. The first-order valence-electron chi connectivity index (χ1n) is 12.6. The number of benzene rings is 1. The zero-order chi connectivity index (χ0) is 26.6. The highest BCUT2D eigenvalue weighted by atomic mass is 79.9. The summed E-state index contributed by atoms with van der Waals surface area (Å²) < 4.78 is 28.3. The Morgan fingerprint density at radius 2 is 1.78 bits per heavy atom. The van der Waals surface area contributed by atoms with Crippen molar-refractivity contribution in [2.24, 2.45) is 0 Å². The standard InChI is InChI=1S/C27H35BrN4O4Si/c1-26(2,3)37(6,7)33-15-19-21-22(36-27(4,5)35-21)24(34-19)32-23-20(31-25(32)28)18(29-16-30-23)14-13-17-11-9-8-10-12-17/h8-14,16,19,21-22,24H,15H2,1-7H3/t19-,21-,22+,24-/m1/s1. The van der Waals surface area contributed by atoms with E-state index in [1.807, 2.05) is 60.9 Å². The summed E-state index contributed by atoms with van der Waals surface area (Å²) in [5.41, 5.74) is 3.15. The number of halogens is 1. The molecule has 1 aromatic carbocycles. The molecular formula is C27H35BrN4O4Si. The molecule has 4 heterocycles. The molecule has 3 aromatic rings. The lowest BCUT2D eigenvalue weighted by molar-refractivity contribution is -0.199. The molecule has 4 atom stereocenters. The zero-order valence-corrected chi connectivity index (χ0v) is 25.0. The van der Waals surface area contributed by atoms with Gasteiger partial charge in [-0.05, 0) is 59.5 Å². The molecule has 198 valence electrons. The number of hydrogen-bond acceptors (Lipinski definition) is 7. The highest BCUT2D eigenvalue weighted by Gasteiger charge is 2.57. The van der Waals surface area contributed by atoms with Gasteiger partial charge in [-0.1, -0.05) is 57.2 Å². The van der Waals surface area contributed by atoms with Crippen LogP contribution in [-0.2, 0) is 18.6 Å². The van der Waals surface area contributed by atoms with Crippen LogP contribution in [-0.4, -0.2) is 58.5 Å². The van der Waals surface area contributed by atoms with Crippen molar-refractivity contribution >= 4 is 47.6 Å². The van der Waals surface area contributed by atoms with E-state index in [2.05, 4.69) is 59.8 Å². The van der Waals surface area contributed by atoms with Crippen LogP contribution in [0.4, 0.5) is 0 Å². The van der Waals surface area contributed by atoms with Gasteiger partial charge in [-0.25, -0.2) is 15.0 Å². The minimum Gasteiger partial charge on any atom is -0.414 e. The van der Waals surface area contributed by atoms with Crippen LogP contribution in [0, 0.1) is 0 Å².